The molecule has 0 radical (unpaired) electrons. The van der Waals surface area contributed by atoms with Gasteiger partial charge in [0.1, 0.15) is 0 Å². The van der Waals surface area contributed by atoms with Crippen LogP contribution < -0.4 is 25.6 Å². The number of para-hydroxylation sites is 2. The SMILES string of the molecule is COc1ccccc1OCC(=O)NNC(=S)NC(=O)c1ccc(C)c(I)c1. The zero-order chi connectivity index (χ0) is 19.8. The Morgan fingerprint density at radius 3 is 2.48 bits per heavy atom. The molecule has 2 rings (SSSR count). The highest BCUT2D eigenvalue weighted by Crippen LogP contribution is 2.25. The Balaban J connectivity index is 1.78. The topological polar surface area (TPSA) is 88.7 Å². The lowest BCUT2D eigenvalue weighted by atomic mass is 10.1. The molecule has 0 aliphatic rings. The molecule has 0 aliphatic heterocycles. The largest absolute Gasteiger partial charge is 0.493 e. The molecule has 2 amide bonds. The number of nitrogens with one attached hydrogen (secondary N) is 3. The third-order valence-electron chi connectivity index (χ3n) is 3.40. The first-order valence-corrected chi connectivity index (χ1v) is 9.31. The Bertz CT molecular complexity index is 860. The minimum atomic E-state index is -0.470. The van der Waals surface area contributed by atoms with Crippen LogP contribution in [0, 0.1) is 10.5 Å². The van der Waals surface area contributed by atoms with Crippen molar-refractivity contribution in [2.45, 2.75) is 6.92 Å². The highest BCUT2D eigenvalue weighted by molar-refractivity contribution is 14.1. The first kappa shape index (κ1) is 20.9. The number of carbonyl (C=O) groups excluding carboxylic acids is 2. The Kier molecular flexibility index (Phi) is 7.80. The number of benzene rings is 2. The summed E-state index contributed by atoms with van der Waals surface area (Å²) in [5.74, 6) is 0.126. The highest BCUT2D eigenvalue weighted by Gasteiger charge is 2.11. The molecular formula is C18H18IN3O4S. The number of hydrogen-bond donors (Lipinski definition) is 3. The summed E-state index contributed by atoms with van der Waals surface area (Å²) in [5, 5.41) is 2.47. The summed E-state index contributed by atoms with van der Waals surface area (Å²) in [6.07, 6.45) is 0. The van der Waals surface area contributed by atoms with Crippen LogP contribution in [0.25, 0.3) is 0 Å². The number of methoxy groups -OCH3 is 1. The minimum absolute atomic E-state index is 0.0266. The monoisotopic (exact) mass is 499 g/mol. The van der Waals surface area contributed by atoms with Crippen LogP contribution in [0.5, 0.6) is 11.5 Å². The molecule has 0 atom stereocenters. The predicted molar refractivity (Wildman–Crippen MR) is 114 cm³/mol. The molecule has 0 heterocycles. The lowest BCUT2D eigenvalue weighted by molar-refractivity contribution is -0.123. The number of amides is 2. The fourth-order valence-corrected chi connectivity index (χ4v) is 2.64. The minimum Gasteiger partial charge on any atom is -0.493 e. The number of hydrogen-bond acceptors (Lipinski definition) is 5. The summed E-state index contributed by atoms with van der Waals surface area (Å²) in [4.78, 5) is 24.0. The van der Waals surface area contributed by atoms with Crippen molar-refractivity contribution in [3.63, 3.8) is 0 Å². The van der Waals surface area contributed by atoms with E-state index < -0.39 is 5.91 Å². The third kappa shape index (κ3) is 6.36. The standard InChI is InChI=1S/C18H18IN3O4S/c1-11-7-8-12(9-13(11)19)17(24)20-18(27)22-21-16(23)10-26-15-6-4-3-5-14(15)25-2/h3-9H,10H2,1-2H3,(H,21,23)(H2,20,22,24,27). The fourth-order valence-electron chi connectivity index (χ4n) is 1.98. The molecule has 2 aromatic rings. The second-order valence-corrected chi connectivity index (χ2v) is 6.93. The molecule has 7 nitrogen and oxygen atoms in total. The van der Waals surface area contributed by atoms with E-state index in [1.54, 1.807) is 36.4 Å². The number of halogens is 1. The van der Waals surface area contributed by atoms with E-state index >= 15 is 0 Å². The lowest BCUT2D eigenvalue weighted by Gasteiger charge is -2.12. The summed E-state index contributed by atoms with van der Waals surface area (Å²) in [6.45, 7) is 1.71. The van der Waals surface area contributed by atoms with Crippen LogP contribution in [0.15, 0.2) is 42.5 Å². The zero-order valence-corrected chi connectivity index (χ0v) is 17.6. The van der Waals surface area contributed by atoms with Gasteiger partial charge in [-0.1, -0.05) is 18.2 Å². The molecule has 2 aromatic carbocycles. The molecule has 0 saturated carbocycles. The molecule has 0 fully saturated rings. The zero-order valence-electron chi connectivity index (χ0n) is 14.7. The summed E-state index contributed by atoms with van der Waals surface area (Å²) in [5.41, 5.74) is 6.37. The molecule has 0 bridgehead atoms. The molecular weight excluding hydrogens is 481 g/mol. The molecule has 0 aromatic heterocycles. The summed E-state index contributed by atoms with van der Waals surface area (Å²) < 4.78 is 11.5. The fraction of sp³-hybridized carbons (Fsp3) is 0.167. The molecule has 3 N–H and O–H groups in total. The molecule has 0 saturated heterocycles. The Labute approximate surface area is 175 Å². The van der Waals surface area contributed by atoms with Crippen LogP contribution >= 0.6 is 34.8 Å². The van der Waals surface area contributed by atoms with Crippen molar-refractivity contribution in [2.24, 2.45) is 0 Å². The van der Waals surface area contributed by atoms with Gasteiger partial charge in [-0.05, 0) is 71.6 Å². The third-order valence-corrected chi connectivity index (χ3v) is 4.77. The maximum Gasteiger partial charge on any atom is 0.276 e. The first-order valence-electron chi connectivity index (χ1n) is 7.83. The van der Waals surface area contributed by atoms with E-state index in [-0.39, 0.29) is 17.6 Å². The average Bonchev–Trinajstić information content (AvgIpc) is 2.66. The summed E-state index contributed by atoms with van der Waals surface area (Å²) in [7, 11) is 1.51. The molecule has 0 spiro atoms. The van der Waals surface area contributed by atoms with E-state index in [1.807, 2.05) is 13.0 Å². The number of thiocarbonyl (C=S) groups is 1. The molecule has 0 aliphatic carbocycles. The second kappa shape index (κ2) is 10.1. The van der Waals surface area contributed by atoms with Gasteiger partial charge in [0.25, 0.3) is 11.8 Å². The quantitative estimate of drug-likeness (QED) is 0.333. The van der Waals surface area contributed by atoms with E-state index in [9.17, 15) is 9.59 Å². The van der Waals surface area contributed by atoms with Crippen LogP contribution in [0.2, 0.25) is 0 Å². The van der Waals surface area contributed by atoms with Gasteiger partial charge in [0.05, 0.1) is 7.11 Å². The molecule has 27 heavy (non-hydrogen) atoms. The van der Waals surface area contributed by atoms with E-state index in [0.717, 1.165) is 9.13 Å². The van der Waals surface area contributed by atoms with Gasteiger partial charge in [0.15, 0.2) is 23.2 Å². The van der Waals surface area contributed by atoms with Crippen LogP contribution in [0.3, 0.4) is 0 Å². The van der Waals surface area contributed by atoms with Gasteiger partial charge in [-0.25, -0.2) is 0 Å². The Morgan fingerprint density at radius 1 is 1.11 bits per heavy atom. The number of rotatable bonds is 5. The van der Waals surface area contributed by atoms with Crippen LogP contribution in [-0.2, 0) is 4.79 Å². The summed E-state index contributed by atoms with van der Waals surface area (Å²) >= 11 is 7.16. The van der Waals surface area contributed by atoms with Crippen molar-refractivity contribution in [1.29, 1.82) is 0 Å². The van der Waals surface area contributed by atoms with E-state index in [1.165, 1.54) is 7.11 Å². The van der Waals surface area contributed by atoms with Crippen molar-refractivity contribution in [3.8, 4) is 11.5 Å². The predicted octanol–water partition coefficient (Wildman–Crippen LogP) is 2.32. The molecule has 9 heteroatoms. The maximum absolute atomic E-state index is 12.2. The van der Waals surface area contributed by atoms with E-state index in [4.69, 9.17) is 21.7 Å². The van der Waals surface area contributed by atoms with Crippen LogP contribution in [-0.4, -0.2) is 30.6 Å². The smallest absolute Gasteiger partial charge is 0.276 e. The van der Waals surface area contributed by atoms with Crippen LogP contribution in [0.1, 0.15) is 15.9 Å². The van der Waals surface area contributed by atoms with Gasteiger partial charge in [0, 0.05) is 9.13 Å². The summed E-state index contributed by atoms with van der Waals surface area (Å²) in [6, 6.07) is 12.3. The average molecular weight is 499 g/mol. The van der Waals surface area contributed by atoms with Gasteiger partial charge in [0.2, 0.25) is 0 Å². The first-order chi connectivity index (χ1) is 12.9. The maximum atomic E-state index is 12.2. The van der Waals surface area contributed by atoms with E-state index in [0.29, 0.717) is 17.1 Å². The number of ether oxygens (including phenoxy) is 2. The lowest BCUT2D eigenvalue weighted by Crippen LogP contribution is -2.49. The normalized spacial score (nSPS) is 9.89. The van der Waals surface area contributed by atoms with Gasteiger partial charge >= 0.3 is 0 Å². The van der Waals surface area contributed by atoms with Gasteiger partial charge in [-0.2, -0.15) is 0 Å². The van der Waals surface area contributed by atoms with Gasteiger partial charge in [-0.15, -0.1) is 0 Å². The Hall–Kier alpha value is -2.40. The highest BCUT2D eigenvalue weighted by atomic mass is 127. The van der Waals surface area contributed by atoms with E-state index in [2.05, 4.69) is 38.8 Å². The van der Waals surface area contributed by atoms with Crippen molar-refractivity contribution in [3.05, 3.63) is 57.2 Å². The van der Waals surface area contributed by atoms with Crippen molar-refractivity contribution >= 4 is 51.7 Å². The molecule has 0 unspecified atom stereocenters. The van der Waals surface area contributed by atoms with Crippen molar-refractivity contribution in [1.82, 2.24) is 16.2 Å². The number of aryl methyl sites for hydroxylation is 1. The Morgan fingerprint density at radius 2 is 1.81 bits per heavy atom. The van der Waals surface area contributed by atoms with Crippen molar-refractivity contribution in [2.75, 3.05) is 13.7 Å². The van der Waals surface area contributed by atoms with Crippen LogP contribution in [0.4, 0.5) is 0 Å². The van der Waals surface area contributed by atoms with Gasteiger partial charge < -0.3 is 9.47 Å². The number of carbonyl (C=O) groups is 2. The van der Waals surface area contributed by atoms with Gasteiger partial charge in [-0.3, -0.25) is 25.8 Å². The second-order valence-electron chi connectivity index (χ2n) is 5.36. The molecule has 142 valence electrons. The number of hydrazine groups is 1. The van der Waals surface area contributed by atoms with Crippen molar-refractivity contribution < 1.29 is 19.1 Å².